The van der Waals surface area contributed by atoms with Gasteiger partial charge in [0.1, 0.15) is 5.78 Å². The first-order valence-corrected chi connectivity index (χ1v) is 7.96. The highest BCUT2D eigenvalue weighted by Crippen LogP contribution is 2.34. The molecule has 0 radical (unpaired) electrons. The highest BCUT2D eigenvalue weighted by molar-refractivity contribution is 5.83. The van der Waals surface area contributed by atoms with Crippen molar-refractivity contribution in [1.29, 1.82) is 0 Å². The van der Waals surface area contributed by atoms with Crippen molar-refractivity contribution < 1.29 is 4.79 Å². The van der Waals surface area contributed by atoms with Gasteiger partial charge in [-0.3, -0.25) is 4.79 Å². The number of aryl methyl sites for hydroxylation is 2. The van der Waals surface area contributed by atoms with Crippen molar-refractivity contribution in [2.24, 2.45) is 5.92 Å². The molecule has 114 valence electrons. The number of Topliss-reactive ketones (excluding diaryl/α,β-unsaturated/α-hetero) is 1. The Kier molecular flexibility index (Phi) is 4.12. The van der Waals surface area contributed by atoms with E-state index in [-0.39, 0.29) is 18.0 Å². The van der Waals surface area contributed by atoms with Gasteiger partial charge in [-0.15, -0.1) is 0 Å². The molecule has 22 heavy (non-hydrogen) atoms. The number of hydrogen-bond donors (Lipinski definition) is 1. The van der Waals surface area contributed by atoms with Crippen LogP contribution in [0.15, 0.2) is 48.5 Å². The summed E-state index contributed by atoms with van der Waals surface area (Å²) in [7, 11) is 0. The van der Waals surface area contributed by atoms with Gasteiger partial charge in [0.05, 0.1) is 0 Å². The number of benzene rings is 2. The maximum Gasteiger partial charge on any atom is 0.139 e. The minimum absolute atomic E-state index is 0.0180. The van der Waals surface area contributed by atoms with Crippen LogP contribution in [0.1, 0.15) is 47.7 Å². The monoisotopic (exact) mass is 293 g/mol. The lowest BCUT2D eigenvalue weighted by Gasteiger charge is -2.35. The number of nitrogens with one attached hydrogen (secondary N) is 1. The third-order valence-electron chi connectivity index (χ3n) is 4.71. The van der Waals surface area contributed by atoms with Crippen molar-refractivity contribution >= 4 is 5.78 Å². The molecular formula is C20H23NO. The van der Waals surface area contributed by atoms with Crippen LogP contribution in [0.4, 0.5) is 0 Å². The molecule has 3 atom stereocenters. The molecule has 1 aliphatic heterocycles. The topological polar surface area (TPSA) is 29.1 Å². The molecule has 0 unspecified atom stereocenters. The zero-order valence-electron chi connectivity index (χ0n) is 13.5. The molecule has 1 saturated heterocycles. The predicted octanol–water partition coefficient (Wildman–Crippen LogP) is 4.28. The SMILES string of the molecule is Cc1ccc([C@@H]2CC(=O)[C@H](C)[C@@H](c3ccc(C)cc3)N2)cc1. The maximum absolute atomic E-state index is 12.5. The summed E-state index contributed by atoms with van der Waals surface area (Å²) in [5.41, 5.74) is 4.88. The molecular weight excluding hydrogens is 270 g/mol. The Morgan fingerprint density at radius 3 is 1.91 bits per heavy atom. The fourth-order valence-electron chi connectivity index (χ4n) is 3.16. The zero-order chi connectivity index (χ0) is 15.7. The lowest BCUT2D eigenvalue weighted by Crippen LogP contribution is -2.41. The van der Waals surface area contributed by atoms with Crippen molar-refractivity contribution in [3.8, 4) is 0 Å². The van der Waals surface area contributed by atoms with Gasteiger partial charge < -0.3 is 5.32 Å². The second kappa shape index (κ2) is 6.05. The molecule has 0 bridgehead atoms. The standard InChI is InChI=1S/C20H23NO/c1-13-4-8-16(9-5-13)18-12-19(22)15(3)20(21-18)17-10-6-14(2)7-11-17/h4-11,15,18,20-21H,12H2,1-3H3/t15-,18-,20-/m0/s1. The van der Waals surface area contributed by atoms with Crippen LogP contribution < -0.4 is 5.32 Å². The van der Waals surface area contributed by atoms with E-state index in [4.69, 9.17) is 0 Å². The third-order valence-corrected chi connectivity index (χ3v) is 4.71. The van der Waals surface area contributed by atoms with Gasteiger partial charge in [0.2, 0.25) is 0 Å². The van der Waals surface area contributed by atoms with Crippen LogP contribution in [-0.2, 0) is 4.79 Å². The molecule has 0 spiro atoms. The van der Waals surface area contributed by atoms with Crippen molar-refractivity contribution in [1.82, 2.24) is 5.32 Å². The van der Waals surface area contributed by atoms with Gasteiger partial charge in [-0.25, -0.2) is 0 Å². The molecule has 2 aromatic carbocycles. The number of ketones is 1. The van der Waals surface area contributed by atoms with E-state index in [2.05, 4.69) is 67.7 Å². The van der Waals surface area contributed by atoms with E-state index in [1.165, 1.54) is 22.3 Å². The molecule has 0 aromatic heterocycles. The first-order chi connectivity index (χ1) is 10.5. The molecule has 1 aliphatic rings. The van der Waals surface area contributed by atoms with Crippen molar-refractivity contribution in [2.75, 3.05) is 0 Å². The second-order valence-electron chi connectivity index (χ2n) is 6.48. The first kappa shape index (κ1) is 15.0. The summed E-state index contributed by atoms with van der Waals surface area (Å²) >= 11 is 0. The summed E-state index contributed by atoms with van der Waals surface area (Å²) in [6.45, 7) is 6.20. The number of carbonyl (C=O) groups excluding carboxylic acids is 1. The molecule has 2 nitrogen and oxygen atoms in total. The molecule has 2 heteroatoms. The Morgan fingerprint density at radius 2 is 1.36 bits per heavy atom. The van der Waals surface area contributed by atoms with Gasteiger partial charge in [0, 0.05) is 24.4 Å². The molecule has 0 aliphatic carbocycles. The number of carbonyl (C=O) groups is 1. The zero-order valence-corrected chi connectivity index (χ0v) is 13.5. The average Bonchev–Trinajstić information content (AvgIpc) is 2.52. The van der Waals surface area contributed by atoms with Crippen LogP contribution in [0.5, 0.6) is 0 Å². The summed E-state index contributed by atoms with van der Waals surface area (Å²) in [6.07, 6.45) is 0.576. The Balaban J connectivity index is 1.88. The maximum atomic E-state index is 12.5. The van der Waals surface area contributed by atoms with E-state index >= 15 is 0 Å². The van der Waals surface area contributed by atoms with E-state index in [0.717, 1.165) is 0 Å². The van der Waals surface area contributed by atoms with E-state index in [0.29, 0.717) is 12.2 Å². The highest BCUT2D eigenvalue weighted by Gasteiger charge is 2.34. The minimum Gasteiger partial charge on any atom is -0.302 e. The van der Waals surface area contributed by atoms with E-state index in [1.54, 1.807) is 0 Å². The van der Waals surface area contributed by atoms with E-state index < -0.39 is 0 Å². The Morgan fingerprint density at radius 1 is 0.864 bits per heavy atom. The summed E-state index contributed by atoms with van der Waals surface area (Å²) in [5.74, 6) is 0.360. The van der Waals surface area contributed by atoms with Gasteiger partial charge in [-0.1, -0.05) is 66.6 Å². The molecule has 1 N–H and O–H groups in total. The van der Waals surface area contributed by atoms with Crippen LogP contribution >= 0.6 is 0 Å². The van der Waals surface area contributed by atoms with Crippen molar-refractivity contribution in [3.63, 3.8) is 0 Å². The molecule has 3 rings (SSSR count). The van der Waals surface area contributed by atoms with Crippen LogP contribution in [0.25, 0.3) is 0 Å². The van der Waals surface area contributed by atoms with Gasteiger partial charge in [-0.2, -0.15) is 0 Å². The quantitative estimate of drug-likeness (QED) is 0.895. The van der Waals surface area contributed by atoms with Gasteiger partial charge in [0.15, 0.2) is 0 Å². The molecule has 1 heterocycles. The molecule has 0 amide bonds. The van der Waals surface area contributed by atoms with Gasteiger partial charge >= 0.3 is 0 Å². The largest absolute Gasteiger partial charge is 0.302 e. The number of hydrogen-bond acceptors (Lipinski definition) is 2. The van der Waals surface area contributed by atoms with Crippen LogP contribution in [0.2, 0.25) is 0 Å². The Hall–Kier alpha value is -1.93. The smallest absolute Gasteiger partial charge is 0.139 e. The highest BCUT2D eigenvalue weighted by atomic mass is 16.1. The summed E-state index contributed by atoms with van der Waals surface area (Å²) in [5, 5.41) is 3.68. The fourth-order valence-corrected chi connectivity index (χ4v) is 3.16. The van der Waals surface area contributed by atoms with Gasteiger partial charge in [0.25, 0.3) is 0 Å². The molecule has 1 fully saturated rings. The number of rotatable bonds is 2. The minimum atomic E-state index is 0.0180. The Bertz CT molecular complexity index is 657. The summed E-state index contributed by atoms with van der Waals surface area (Å²) in [6, 6.07) is 17.2. The second-order valence-corrected chi connectivity index (χ2v) is 6.48. The third kappa shape index (κ3) is 2.97. The van der Waals surface area contributed by atoms with Crippen LogP contribution in [0.3, 0.4) is 0 Å². The number of piperidine rings is 1. The summed E-state index contributed by atoms with van der Waals surface area (Å²) < 4.78 is 0. The van der Waals surface area contributed by atoms with Gasteiger partial charge in [-0.05, 0) is 25.0 Å². The van der Waals surface area contributed by atoms with Crippen LogP contribution in [0, 0.1) is 19.8 Å². The first-order valence-electron chi connectivity index (χ1n) is 7.96. The van der Waals surface area contributed by atoms with Crippen molar-refractivity contribution in [3.05, 3.63) is 70.8 Å². The van der Waals surface area contributed by atoms with E-state index in [1.807, 2.05) is 6.92 Å². The van der Waals surface area contributed by atoms with Crippen LogP contribution in [-0.4, -0.2) is 5.78 Å². The summed E-state index contributed by atoms with van der Waals surface area (Å²) in [4.78, 5) is 12.5. The molecule has 0 saturated carbocycles. The fraction of sp³-hybridized carbons (Fsp3) is 0.350. The predicted molar refractivity (Wildman–Crippen MR) is 89.8 cm³/mol. The van der Waals surface area contributed by atoms with E-state index in [9.17, 15) is 4.79 Å². The lowest BCUT2D eigenvalue weighted by molar-refractivity contribution is -0.126. The van der Waals surface area contributed by atoms with Crippen molar-refractivity contribution in [2.45, 2.75) is 39.3 Å². The molecule has 2 aromatic rings. The normalized spacial score (nSPS) is 25.2. The Labute approximate surface area is 132 Å². The average molecular weight is 293 g/mol. The lowest BCUT2D eigenvalue weighted by atomic mass is 9.82.